The summed E-state index contributed by atoms with van der Waals surface area (Å²) in [7, 11) is 1.64. The van der Waals surface area contributed by atoms with Crippen molar-refractivity contribution in [2.75, 3.05) is 7.11 Å². The Morgan fingerprint density at radius 3 is 2.82 bits per heavy atom. The van der Waals surface area contributed by atoms with E-state index in [1.807, 2.05) is 0 Å². The standard InChI is InChI=1S/C9H16O2/c1-3-9(10)7-5-4-6-8(9)11-2/h3,8,10H,1,4-7H2,2H3. The summed E-state index contributed by atoms with van der Waals surface area (Å²) in [4.78, 5) is 0. The number of ether oxygens (including phenoxy) is 1. The molecule has 1 N–H and O–H groups in total. The molecule has 1 aliphatic carbocycles. The smallest absolute Gasteiger partial charge is 0.108 e. The average Bonchev–Trinajstić information content (AvgIpc) is 2.05. The fourth-order valence-corrected chi connectivity index (χ4v) is 1.70. The minimum atomic E-state index is -0.771. The summed E-state index contributed by atoms with van der Waals surface area (Å²) in [6.45, 7) is 3.62. The van der Waals surface area contributed by atoms with E-state index in [-0.39, 0.29) is 6.10 Å². The third-order valence-electron chi connectivity index (χ3n) is 2.49. The molecule has 0 aliphatic heterocycles. The van der Waals surface area contributed by atoms with Gasteiger partial charge in [0.05, 0.1) is 6.10 Å². The molecule has 0 radical (unpaired) electrons. The van der Waals surface area contributed by atoms with Gasteiger partial charge in [-0.2, -0.15) is 0 Å². The average molecular weight is 156 g/mol. The van der Waals surface area contributed by atoms with Crippen molar-refractivity contribution in [1.82, 2.24) is 0 Å². The first-order valence-corrected chi connectivity index (χ1v) is 4.11. The highest BCUT2D eigenvalue weighted by atomic mass is 16.5. The van der Waals surface area contributed by atoms with Crippen LogP contribution in [-0.2, 0) is 4.74 Å². The maximum atomic E-state index is 9.90. The molecule has 64 valence electrons. The lowest BCUT2D eigenvalue weighted by Crippen LogP contribution is -2.43. The first kappa shape index (κ1) is 8.75. The molecule has 2 unspecified atom stereocenters. The Morgan fingerprint density at radius 1 is 1.64 bits per heavy atom. The Kier molecular flexibility index (Phi) is 2.68. The molecule has 1 aliphatic rings. The molecule has 1 fully saturated rings. The van der Waals surface area contributed by atoms with E-state index in [1.165, 1.54) is 0 Å². The number of rotatable bonds is 2. The van der Waals surface area contributed by atoms with Crippen LogP contribution in [0.5, 0.6) is 0 Å². The fourth-order valence-electron chi connectivity index (χ4n) is 1.70. The monoisotopic (exact) mass is 156 g/mol. The van der Waals surface area contributed by atoms with Crippen LogP contribution in [0.2, 0.25) is 0 Å². The molecule has 2 heteroatoms. The highest BCUT2D eigenvalue weighted by Gasteiger charge is 2.35. The molecule has 0 spiro atoms. The largest absolute Gasteiger partial charge is 0.383 e. The van der Waals surface area contributed by atoms with E-state index >= 15 is 0 Å². The number of hydrogen-bond acceptors (Lipinski definition) is 2. The van der Waals surface area contributed by atoms with Crippen LogP contribution in [0.15, 0.2) is 12.7 Å². The van der Waals surface area contributed by atoms with Crippen molar-refractivity contribution in [3.63, 3.8) is 0 Å². The topological polar surface area (TPSA) is 29.5 Å². The molecular weight excluding hydrogens is 140 g/mol. The highest BCUT2D eigenvalue weighted by Crippen LogP contribution is 2.30. The summed E-state index contributed by atoms with van der Waals surface area (Å²) >= 11 is 0. The van der Waals surface area contributed by atoms with Gasteiger partial charge < -0.3 is 9.84 Å². The SMILES string of the molecule is C=CC1(O)CCCCC1OC. The normalized spacial score (nSPS) is 38.5. The Labute approximate surface area is 67.9 Å². The summed E-state index contributed by atoms with van der Waals surface area (Å²) < 4.78 is 5.18. The lowest BCUT2D eigenvalue weighted by Gasteiger charge is -2.36. The summed E-state index contributed by atoms with van der Waals surface area (Å²) in [5.74, 6) is 0. The van der Waals surface area contributed by atoms with E-state index in [4.69, 9.17) is 4.74 Å². The molecule has 0 bridgehead atoms. The molecule has 11 heavy (non-hydrogen) atoms. The summed E-state index contributed by atoms with van der Waals surface area (Å²) in [5.41, 5.74) is -0.771. The van der Waals surface area contributed by atoms with E-state index in [1.54, 1.807) is 13.2 Å². The third-order valence-corrected chi connectivity index (χ3v) is 2.49. The van der Waals surface area contributed by atoms with Crippen LogP contribution in [0.25, 0.3) is 0 Å². The van der Waals surface area contributed by atoms with E-state index in [9.17, 15) is 5.11 Å². The van der Waals surface area contributed by atoms with Crippen LogP contribution in [0.3, 0.4) is 0 Å². The Bertz CT molecular complexity index is 144. The summed E-state index contributed by atoms with van der Waals surface area (Å²) in [6.07, 6.45) is 5.51. The van der Waals surface area contributed by atoms with Crippen molar-refractivity contribution in [2.24, 2.45) is 0 Å². The first-order valence-electron chi connectivity index (χ1n) is 4.11. The highest BCUT2D eigenvalue weighted by molar-refractivity contribution is 5.03. The number of hydrogen-bond donors (Lipinski definition) is 1. The zero-order chi connectivity index (χ0) is 8.32. The van der Waals surface area contributed by atoms with Gasteiger partial charge in [-0.25, -0.2) is 0 Å². The first-order chi connectivity index (χ1) is 5.23. The quantitative estimate of drug-likeness (QED) is 0.614. The van der Waals surface area contributed by atoms with Gasteiger partial charge in [0.2, 0.25) is 0 Å². The molecule has 0 saturated heterocycles. The van der Waals surface area contributed by atoms with Gasteiger partial charge in [0, 0.05) is 7.11 Å². The molecule has 0 amide bonds. The zero-order valence-corrected chi connectivity index (χ0v) is 7.05. The molecule has 0 aromatic heterocycles. The second-order valence-electron chi connectivity index (χ2n) is 3.17. The Hall–Kier alpha value is -0.340. The van der Waals surface area contributed by atoms with Gasteiger partial charge in [-0.3, -0.25) is 0 Å². The molecule has 1 saturated carbocycles. The third kappa shape index (κ3) is 1.63. The van der Waals surface area contributed by atoms with E-state index in [0.29, 0.717) is 0 Å². The maximum Gasteiger partial charge on any atom is 0.108 e. The van der Waals surface area contributed by atoms with E-state index in [0.717, 1.165) is 25.7 Å². The van der Waals surface area contributed by atoms with Crippen molar-refractivity contribution in [1.29, 1.82) is 0 Å². The van der Waals surface area contributed by atoms with Gasteiger partial charge in [-0.15, -0.1) is 6.58 Å². The minimum absolute atomic E-state index is 0.0475. The number of methoxy groups -OCH3 is 1. The van der Waals surface area contributed by atoms with Gasteiger partial charge in [0.1, 0.15) is 5.60 Å². The lowest BCUT2D eigenvalue weighted by atomic mass is 9.82. The second-order valence-corrected chi connectivity index (χ2v) is 3.17. The zero-order valence-electron chi connectivity index (χ0n) is 7.05. The molecular formula is C9H16O2. The van der Waals surface area contributed by atoms with E-state index in [2.05, 4.69) is 6.58 Å². The molecule has 0 heterocycles. The predicted octanol–water partition coefficient (Wildman–Crippen LogP) is 1.49. The van der Waals surface area contributed by atoms with E-state index < -0.39 is 5.60 Å². The van der Waals surface area contributed by atoms with Gasteiger partial charge in [0.25, 0.3) is 0 Å². The lowest BCUT2D eigenvalue weighted by molar-refractivity contribution is -0.0855. The summed E-state index contributed by atoms with van der Waals surface area (Å²) in [6, 6.07) is 0. The van der Waals surface area contributed by atoms with Crippen LogP contribution in [0, 0.1) is 0 Å². The van der Waals surface area contributed by atoms with Crippen LogP contribution >= 0.6 is 0 Å². The van der Waals surface area contributed by atoms with Crippen molar-refractivity contribution in [3.8, 4) is 0 Å². The number of aliphatic hydroxyl groups is 1. The van der Waals surface area contributed by atoms with Crippen LogP contribution in [0.4, 0.5) is 0 Å². The van der Waals surface area contributed by atoms with Gasteiger partial charge in [0.15, 0.2) is 0 Å². The molecule has 2 nitrogen and oxygen atoms in total. The van der Waals surface area contributed by atoms with Crippen molar-refractivity contribution in [2.45, 2.75) is 37.4 Å². The molecule has 0 aromatic carbocycles. The molecule has 0 aromatic rings. The Morgan fingerprint density at radius 2 is 2.36 bits per heavy atom. The molecule has 2 atom stereocenters. The molecule has 1 rings (SSSR count). The van der Waals surface area contributed by atoms with Crippen LogP contribution < -0.4 is 0 Å². The van der Waals surface area contributed by atoms with Crippen molar-refractivity contribution >= 4 is 0 Å². The fraction of sp³-hybridized carbons (Fsp3) is 0.778. The second kappa shape index (κ2) is 3.37. The van der Waals surface area contributed by atoms with Crippen molar-refractivity contribution < 1.29 is 9.84 Å². The van der Waals surface area contributed by atoms with Gasteiger partial charge in [-0.1, -0.05) is 18.9 Å². The Balaban J connectivity index is 2.64. The maximum absolute atomic E-state index is 9.90. The predicted molar refractivity (Wildman–Crippen MR) is 44.4 cm³/mol. The minimum Gasteiger partial charge on any atom is -0.383 e. The van der Waals surface area contributed by atoms with Gasteiger partial charge in [-0.05, 0) is 12.8 Å². The van der Waals surface area contributed by atoms with Crippen LogP contribution in [0.1, 0.15) is 25.7 Å². The van der Waals surface area contributed by atoms with Crippen molar-refractivity contribution in [3.05, 3.63) is 12.7 Å². The van der Waals surface area contributed by atoms with Gasteiger partial charge >= 0.3 is 0 Å². The van der Waals surface area contributed by atoms with Crippen LogP contribution in [-0.4, -0.2) is 23.9 Å². The summed E-state index contributed by atoms with van der Waals surface area (Å²) in [5, 5.41) is 9.90.